The zero-order chi connectivity index (χ0) is 18.8. The molecule has 27 heavy (non-hydrogen) atoms. The average molecular weight is 368 g/mol. The van der Waals surface area contributed by atoms with E-state index in [0.717, 1.165) is 0 Å². The number of rotatable bonds is 4. The fraction of sp³-hybridized carbons (Fsp3) is 0. The van der Waals surface area contributed by atoms with Gasteiger partial charge in [0.05, 0.1) is 0 Å². The van der Waals surface area contributed by atoms with Gasteiger partial charge in [0, 0.05) is 17.2 Å². The lowest BCUT2D eigenvalue weighted by Gasteiger charge is -1.95. The molecule has 4 rings (SSSR count). The molecule has 7 nitrogen and oxygen atoms in total. The number of anilines is 1. The van der Waals surface area contributed by atoms with Crippen molar-refractivity contribution in [3.63, 3.8) is 0 Å². The van der Waals surface area contributed by atoms with E-state index in [2.05, 4.69) is 20.6 Å². The van der Waals surface area contributed by atoms with Gasteiger partial charge in [-0.1, -0.05) is 5.16 Å². The van der Waals surface area contributed by atoms with Gasteiger partial charge < -0.3 is 9.05 Å². The number of nitrogens with zero attached hydrogens (tertiary/aromatic N) is 3. The van der Waals surface area contributed by atoms with Crippen LogP contribution < -0.4 is 5.32 Å². The molecular weight excluding hydrogens is 358 g/mol. The van der Waals surface area contributed by atoms with E-state index >= 15 is 0 Å². The Kier molecular flexibility index (Phi) is 4.17. The minimum absolute atomic E-state index is 0.0116. The third-order valence-electron chi connectivity index (χ3n) is 3.61. The van der Waals surface area contributed by atoms with Crippen LogP contribution in [0.2, 0.25) is 0 Å². The molecule has 0 aliphatic rings. The Bertz CT molecular complexity index is 1090. The van der Waals surface area contributed by atoms with Gasteiger partial charge in [0.25, 0.3) is 17.7 Å². The van der Waals surface area contributed by atoms with E-state index in [4.69, 9.17) is 9.05 Å². The van der Waals surface area contributed by atoms with Gasteiger partial charge in [-0.05, 0) is 53.7 Å². The van der Waals surface area contributed by atoms with E-state index in [-0.39, 0.29) is 23.4 Å². The van der Waals surface area contributed by atoms with Crippen molar-refractivity contribution in [2.24, 2.45) is 0 Å². The summed E-state index contributed by atoms with van der Waals surface area (Å²) in [5.74, 6) is -1.04. The normalized spacial score (nSPS) is 10.7. The molecule has 0 saturated carbocycles. The fourth-order valence-corrected chi connectivity index (χ4v) is 2.28. The molecule has 2 aromatic heterocycles. The zero-order valence-electron chi connectivity index (χ0n) is 13.5. The predicted molar refractivity (Wildman–Crippen MR) is 89.5 cm³/mol. The lowest BCUT2D eigenvalue weighted by molar-refractivity contribution is 0.101. The first-order valence-electron chi connectivity index (χ1n) is 7.72. The van der Waals surface area contributed by atoms with Crippen LogP contribution in [0.15, 0.2) is 63.6 Å². The molecular formula is C18H10F2N4O3. The Morgan fingerprint density at radius 1 is 0.852 bits per heavy atom. The van der Waals surface area contributed by atoms with E-state index in [1.165, 1.54) is 54.6 Å². The molecule has 2 heterocycles. The Morgan fingerprint density at radius 3 is 2.15 bits per heavy atom. The average Bonchev–Trinajstić information content (AvgIpc) is 3.33. The number of benzene rings is 2. The van der Waals surface area contributed by atoms with E-state index < -0.39 is 11.7 Å². The number of aromatic nitrogens is 3. The van der Waals surface area contributed by atoms with Gasteiger partial charge in [-0.15, -0.1) is 0 Å². The minimum atomic E-state index is -0.612. The van der Waals surface area contributed by atoms with Crippen LogP contribution >= 0.6 is 0 Å². The maximum atomic E-state index is 13.0. The van der Waals surface area contributed by atoms with Gasteiger partial charge in [0.15, 0.2) is 11.5 Å². The van der Waals surface area contributed by atoms with Crippen molar-refractivity contribution in [2.75, 3.05) is 5.32 Å². The molecule has 0 saturated heterocycles. The minimum Gasteiger partial charge on any atom is -0.355 e. The van der Waals surface area contributed by atoms with Gasteiger partial charge in [-0.2, -0.15) is 4.98 Å². The molecule has 1 N–H and O–H groups in total. The highest BCUT2D eigenvalue weighted by atomic mass is 19.1. The molecule has 0 spiro atoms. The molecule has 0 atom stereocenters. The Labute approximate surface area is 150 Å². The van der Waals surface area contributed by atoms with Crippen LogP contribution in [0.3, 0.4) is 0 Å². The Morgan fingerprint density at radius 2 is 1.48 bits per heavy atom. The highest BCUT2D eigenvalue weighted by Crippen LogP contribution is 2.22. The number of carbonyl (C=O) groups excluding carboxylic acids is 1. The second-order valence-corrected chi connectivity index (χ2v) is 5.47. The first-order valence-corrected chi connectivity index (χ1v) is 7.72. The van der Waals surface area contributed by atoms with Crippen LogP contribution in [0, 0.1) is 11.6 Å². The summed E-state index contributed by atoms with van der Waals surface area (Å²) in [6.45, 7) is 0. The highest BCUT2D eigenvalue weighted by molar-refractivity contribution is 6.02. The van der Waals surface area contributed by atoms with Crippen molar-refractivity contribution in [1.82, 2.24) is 15.3 Å². The predicted octanol–water partition coefficient (Wildman–Crippen LogP) is 3.92. The van der Waals surface area contributed by atoms with Crippen molar-refractivity contribution in [3.8, 4) is 22.8 Å². The third-order valence-corrected chi connectivity index (χ3v) is 3.61. The number of hydrogen-bond donors (Lipinski definition) is 1. The molecule has 9 heteroatoms. The van der Waals surface area contributed by atoms with Crippen LogP contribution in [0.1, 0.15) is 10.5 Å². The second kappa shape index (κ2) is 6.79. The molecule has 0 fully saturated rings. The van der Waals surface area contributed by atoms with Crippen LogP contribution in [0.5, 0.6) is 0 Å². The fourth-order valence-electron chi connectivity index (χ4n) is 2.28. The molecule has 0 unspecified atom stereocenters. The zero-order valence-corrected chi connectivity index (χ0v) is 13.5. The van der Waals surface area contributed by atoms with Gasteiger partial charge in [-0.3, -0.25) is 10.1 Å². The van der Waals surface area contributed by atoms with Gasteiger partial charge >= 0.3 is 0 Å². The molecule has 0 bridgehead atoms. The molecule has 0 aliphatic heterocycles. The molecule has 4 aromatic rings. The van der Waals surface area contributed by atoms with Crippen molar-refractivity contribution in [2.45, 2.75) is 0 Å². The van der Waals surface area contributed by atoms with Crippen molar-refractivity contribution in [3.05, 3.63) is 71.9 Å². The maximum Gasteiger partial charge on any atom is 0.280 e. The number of halogens is 2. The van der Waals surface area contributed by atoms with Crippen molar-refractivity contribution >= 4 is 11.9 Å². The molecule has 0 radical (unpaired) electrons. The second-order valence-electron chi connectivity index (χ2n) is 5.47. The summed E-state index contributed by atoms with van der Waals surface area (Å²) in [7, 11) is 0. The van der Waals surface area contributed by atoms with Gasteiger partial charge in [0.2, 0.25) is 0 Å². The lowest BCUT2D eigenvalue weighted by Crippen LogP contribution is -2.13. The van der Waals surface area contributed by atoms with Crippen LogP contribution in [-0.4, -0.2) is 21.2 Å². The standard InChI is InChI=1S/C18H10F2N4O3/c19-12-5-1-10(2-6-12)15-9-14(23-26-15)16(25)21-18-22-17(27-24-18)11-3-7-13(20)8-4-11/h1-9H,(H,21,24,25). The van der Waals surface area contributed by atoms with Gasteiger partial charge in [0.1, 0.15) is 11.6 Å². The molecule has 1 amide bonds. The van der Waals surface area contributed by atoms with Crippen LogP contribution in [0.4, 0.5) is 14.7 Å². The number of hydrogen-bond acceptors (Lipinski definition) is 6. The quantitative estimate of drug-likeness (QED) is 0.587. The summed E-state index contributed by atoms with van der Waals surface area (Å²) in [6.07, 6.45) is 0. The smallest absolute Gasteiger partial charge is 0.280 e. The molecule has 2 aromatic carbocycles. The third kappa shape index (κ3) is 3.56. The van der Waals surface area contributed by atoms with Crippen molar-refractivity contribution < 1.29 is 22.6 Å². The van der Waals surface area contributed by atoms with E-state index in [0.29, 0.717) is 16.9 Å². The summed E-state index contributed by atoms with van der Waals surface area (Å²) in [5, 5.41) is 9.74. The molecule has 134 valence electrons. The summed E-state index contributed by atoms with van der Waals surface area (Å²) < 4.78 is 36.1. The van der Waals surface area contributed by atoms with Crippen LogP contribution in [0.25, 0.3) is 22.8 Å². The SMILES string of the molecule is O=C(Nc1noc(-c2ccc(F)cc2)n1)c1cc(-c2ccc(F)cc2)on1. The first kappa shape index (κ1) is 16.6. The summed E-state index contributed by atoms with van der Waals surface area (Å²) in [6, 6.07) is 12.4. The Balaban J connectivity index is 1.48. The summed E-state index contributed by atoms with van der Waals surface area (Å²) in [4.78, 5) is 16.3. The van der Waals surface area contributed by atoms with E-state index in [1.54, 1.807) is 0 Å². The van der Waals surface area contributed by atoms with E-state index in [1.807, 2.05) is 0 Å². The molecule has 0 aliphatic carbocycles. The highest BCUT2D eigenvalue weighted by Gasteiger charge is 2.17. The van der Waals surface area contributed by atoms with Crippen molar-refractivity contribution in [1.29, 1.82) is 0 Å². The van der Waals surface area contributed by atoms with Gasteiger partial charge in [-0.25, -0.2) is 8.78 Å². The topological polar surface area (TPSA) is 94.1 Å². The van der Waals surface area contributed by atoms with Crippen LogP contribution in [-0.2, 0) is 0 Å². The number of amides is 1. The largest absolute Gasteiger partial charge is 0.355 e. The first-order chi connectivity index (χ1) is 13.1. The monoisotopic (exact) mass is 368 g/mol. The van der Waals surface area contributed by atoms with E-state index in [9.17, 15) is 13.6 Å². The Hall–Kier alpha value is -3.88. The maximum absolute atomic E-state index is 13.0. The summed E-state index contributed by atoms with van der Waals surface area (Å²) in [5.41, 5.74) is 1.06. The number of nitrogens with one attached hydrogen (secondary N) is 1. The number of carbonyl (C=O) groups is 1. The summed E-state index contributed by atoms with van der Waals surface area (Å²) >= 11 is 0. The lowest BCUT2D eigenvalue weighted by atomic mass is 10.1.